The standard InChI is InChI=1S/C30H35FN2O3/c1-3-36-27(34)20-29(25(21-32)23-11-12-26(31)22(2)19-23)15-17-33(18-16-29)28(35)30(13-7-8-14-30)24-9-5-4-6-10-24/h4-6,9-12,19,25H,3,7-8,13-18,20H2,1-2H3. The number of nitrogens with zero attached hydrogens (tertiary/aromatic N) is 2. The van der Waals surface area contributed by atoms with Gasteiger partial charge >= 0.3 is 5.97 Å². The molecule has 0 N–H and O–H groups in total. The number of hydrogen-bond donors (Lipinski definition) is 0. The molecule has 1 unspecified atom stereocenters. The van der Waals surface area contributed by atoms with Gasteiger partial charge in [-0.3, -0.25) is 9.59 Å². The number of aryl methyl sites for hydroxylation is 1. The Morgan fingerprint density at radius 2 is 1.75 bits per heavy atom. The Kier molecular flexibility index (Phi) is 7.78. The highest BCUT2D eigenvalue weighted by molar-refractivity contribution is 5.88. The first-order valence-electron chi connectivity index (χ1n) is 13.0. The predicted molar refractivity (Wildman–Crippen MR) is 136 cm³/mol. The zero-order chi connectivity index (χ0) is 25.8. The monoisotopic (exact) mass is 490 g/mol. The number of carbonyl (C=O) groups is 2. The van der Waals surface area contributed by atoms with E-state index in [4.69, 9.17) is 4.74 Å². The third-order valence-electron chi connectivity index (χ3n) is 8.30. The molecule has 0 spiro atoms. The molecule has 36 heavy (non-hydrogen) atoms. The van der Waals surface area contributed by atoms with Crippen LogP contribution in [0.3, 0.4) is 0 Å². The van der Waals surface area contributed by atoms with Crippen LogP contribution in [0, 0.1) is 29.5 Å². The van der Waals surface area contributed by atoms with Gasteiger partial charge in [-0.25, -0.2) is 4.39 Å². The summed E-state index contributed by atoms with van der Waals surface area (Å²) in [7, 11) is 0. The molecule has 1 atom stereocenters. The summed E-state index contributed by atoms with van der Waals surface area (Å²) >= 11 is 0. The van der Waals surface area contributed by atoms with Crippen LogP contribution in [0.25, 0.3) is 0 Å². The third kappa shape index (κ3) is 4.89. The lowest BCUT2D eigenvalue weighted by molar-refractivity contribution is -0.148. The molecule has 5 nitrogen and oxygen atoms in total. The van der Waals surface area contributed by atoms with E-state index in [0.717, 1.165) is 31.2 Å². The SMILES string of the molecule is CCOC(=O)CC1(C(C#N)c2ccc(F)c(C)c2)CCN(C(=O)C2(c3ccccc3)CCCC2)CC1. The molecule has 190 valence electrons. The molecule has 2 aliphatic rings. The van der Waals surface area contributed by atoms with Gasteiger partial charge in [-0.15, -0.1) is 0 Å². The van der Waals surface area contributed by atoms with Crippen molar-refractivity contribution in [2.24, 2.45) is 5.41 Å². The molecule has 0 bridgehead atoms. The van der Waals surface area contributed by atoms with Gasteiger partial charge in [-0.2, -0.15) is 5.26 Å². The van der Waals surface area contributed by atoms with Crippen LogP contribution in [0.1, 0.15) is 74.5 Å². The Bertz CT molecular complexity index is 1130. The van der Waals surface area contributed by atoms with Crippen LogP contribution in [0.15, 0.2) is 48.5 Å². The van der Waals surface area contributed by atoms with Crippen molar-refractivity contribution in [3.05, 3.63) is 71.0 Å². The molecule has 1 heterocycles. The minimum absolute atomic E-state index is 0.0986. The van der Waals surface area contributed by atoms with Gasteiger partial charge in [0.25, 0.3) is 0 Å². The predicted octanol–water partition coefficient (Wildman–Crippen LogP) is 5.82. The van der Waals surface area contributed by atoms with Crippen LogP contribution in [0.2, 0.25) is 0 Å². The minimum Gasteiger partial charge on any atom is -0.466 e. The van der Waals surface area contributed by atoms with Crippen LogP contribution in [-0.2, 0) is 19.7 Å². The fourth-order valence-electron chi connectivity index (χ4n) is 6.30. The summed E-state index contributed by atoms with van der Waals surface area (Å²) in [6.45, 7) is 4.67. The molecule has 2 fully saturated rings. The number of nitriles is 1. The molecule has 1 saturated heterocycles. The molecule has 2 aromatic rings. The smallest absolute Gasteiger partial charge is 0.306 e. The molecule has 1 aliphatic carbocycles. The molecular formula is C30H35FN2O3. The largest absolute Gasteiger partial charge is 0.466 e. The van der Waals surface area contributed by atoms with Gasteiger partial charge in [0.15, 0.2) is 0 Å². The average Bonchev–Trinajstić information content (AvgIpc) is 3.39. The van der Waals surface area contributed by atoms with Gasteiger partial charge in [0.1, 0.15) is 5.82 Å². The number of likely N-dealkylation sites (tertiary alicyclic amines) is 1. The summed E-state index contributed by atoms with van der Waals surface area (Å²) in [5, 5.41) is 10.3. The van der Waals surface area contributed by atoms with Crippen molar-refractivity contribution in [1.29, 1.82) is 5.26 Å². The van der Waals surface area contributed by atoms with Crippen molar-refractivity contribution in [2.75, 3.05) is 19.7 Å². The molecular weight excluding hydrogens is 455 g/mol. The third-order valence-corrected chi connectivity index (χ3v) is 8.30. The van der Waals surface area contributed by atoms with E-state index in [1.54, 1.807) is 26.0 Å². The van der Waals surface area contributed by atoms with Crippen LogP contribution in [-0.4, -0.2) is 36.5 Å². The minimum atomic E-state index is -0.683. The quantitative estimate of drug-likeness (QED) is 0.459. The summed E-state index contributed by atoms with van der Waals surface area (Å²) < 4.78 is 19.3. The summed E-state index contributed by atoms with van der Waals surface area (Å²) in [4.78, 5) is 28.6. The summed E-state index contributed by atoms with van der Waals surface area (Å²) in [6.07, 6.45) is 4.87. The number of amides is 1. The van der Waals surface area contributed by atoms with E-state index in [0.29, 0.717) is 37.1 Å². The van der Waals surface area contributed by atoms with Crippen molar-refractivity contribution < 1.29 is 18.7 Å². The first-order valence-corrected chi connectivity index (χ1v) is 13.0. The van der Waals surface area contributed by atoms with Crippen LogP contribution < -0.4 is 0 Å². The van der Waals surface area contributed by atoms with E-state index in [1.165, 1.54) is 6.07 Å². The fraction of sp³-hybridized carbons (Fsp3) is 0.500. The van der Waals surface area contributed by atoms with Crippen molar-refractivity contribution in [3.8, 4) is 6.07 Å². The number of carbonyl (C=O) groups excluding carboxylic acids is 2. The second-order valence-electron chi connectivity index (χ2n) is 10.4. The molecule has 1 saturated carbocycles. The van der Waals surface area contributed by atoms with E-state index in [-0.39, 0.29) is 30.7 Å². The maximum Gasteiger partial charge on any atom is 0.306 e. The zero-order valence-corrected chi connectivity index (χ0v) is 21.3. The van der Waals surface area contributed by atoms with Gasteiger partial charge in [0.05, 0.1) is 30.4 Å². The highest BCUT2D eigenvalue weighted by Gasteiger charge is 2.49. The zero-order valence-electron chi connectivity index (χ0n) is 21.3. The van der Waals surface area contributed by atoms with E-state index >= 15 is 0 Å². The van der Waals surface area contributed by atoms with E-state index < -0.39 is 16.7 Å². The molecule has 1 amide bonds. The van der Waals surface area contributed by atoms with E-state index in [2.05, 4.69) is 18.2 Å². The molecule has 6 heteroatoms. The Morgan fingerprint density at radius 1 is 1.08 bits per heavy atom. The second kappa shape index (κ2) is 10.8. The number of piperidine rings is 1. The van der Waals surface area contributed by atoms with Crippen molar-refractivity contribution in [3.63, 3.8) is 0 Å². The fourth-order valence-corrected chi connectivity index (χ4v) is 6.30. The first kappa shape index (κ1) is 25.9. The number of esters is 1. The van der Waals surface area contributed by atoms with Crippen LogP contribution in [0.4, 0.5) is 4.39 Å². The Labute approximate surface area is 213 Å². The van der Waals surface area contributed by atoms with Crippen molar-refractivity contribution >= 4 is 11.9 Å². The second-order valence-corrected chi connectivity index (χ2v) is 10.4. The Hall–Kier alpha value is -3.20. The number of hydrogen-bond acceptors (Lipinski definition) is 4. The van der Waals surface area contributed by atoms with Gasteiger partial charge in [0.2, 0.25) is 5.91 Å². The number of ether oxygens (including phenoxy) is 1. The van der Waals surface area contributed by atoms with Crippen molar-refractivity contribution in [2.45, 2.75) is 70.1 Å². The van der Waals surface area contributed by atoms with E-state index in [1.807, 2.05) is 23.1 Å². The van der Waals surface area contributed by atoms with Crippen LogP contribution in [0.5, 0.6) is 0 Å². The molecule has 1 aliphatic heterocycles. The lowest BCUT2D eigenvalue weighted by Gasteiger charge is -2.46. The Balaban J connectivity index is 1.61. The lowest BCUT2D eigenvalue weighted by atomic mass is 9.64. The summed E-state index contributed by atoms with van der Waals surface area (Å²) in [5.41, 5.74) is 1.07. The normalized spacial score (nSPS) is 19.3. The maximum absolute atomic E-state index is 14.0. The lowest BCUT2D eigenvalue weighted by Crippen LogP contribution is -2.52. The Morgan fingerprint density at radius 3 is 2.33 bits per heavy atom. The first-order chi connectivity index (χ1) is 17.3. The van der Waals surface area contributed by atoms with E-state index in [9.17, 15) is 19.2 Å². The summed E-state index contributed by atoms with van der Waals surface area (Å²) in [5.74, 6) is -1.11. The van der Waals surface area contributed by atoms with Gasteiger partial charge in [-0.1, -0.05) is 55.3 Å². The number of rotatable bonds is 7. The van der Waals surface area contributed by atoms with Gasteiger partial charge in [0, 0.05) is 18.5 Å². The number of halogens is 1. The maximum atomic E-state index is 14.0. The van der Waals surface area contributed by atoms with Gasteiger partial charge < -0.3 is 9.64 Å². The molecule has 0 radical (unpaired) electrons. The van der Waals surface area contributed by atoms with Gasteiger partial charge in [-0.05, 0) is 62.3 Å². The topological polar surface area (TPSA) is 70.4 Å². The number of benzene rings is 2. The molecule has 0 aromatic heterocycles. The average molecular weight is 491 g/mol. The molecule has 4 rings (SSSR count). The van der Waals surface area contributed by atoms with Crippen molar-refractivity contribution in [1.82, 2.24) is 4.90 Å². The summed E-state index contributed by atoms with van der Waals surface area (Å²) in [6, 6.07) is 17.2. The highest BCUT2D eigenvalue weighted by atomic mass is 19.1. The highest BCUT2D eigenvalue weighted by Crippen LogP contribution is 2.49. The van der Waals surface area contributed by atoms with Crippen LogP contribution >= 0.6 is 0 Å². The molecule has 2 aromatic carbocycles.